The first-order valence-corrected chi connectivity index (χ1v) is 6.95. The van der Waals surface area contributed by atoms with Gasteiger partial charge in [-0.3, -0.25) is 4.90 Å². The Bertz CT molecular complexity index is 401. The summed E-state index contributed by atoms with van der Waals surface area (Å²) in [6.07, 6.45) is 2.46. The molecule has 1 saturated heterocycles. The molecule has 0 atom stereocenters. The molecule has 0 bridgehead atoms. The highest BCUT2D eigenvalue weighted by Crippen LogP contribution is 2.26. The molecule has 1 heterocycles. The summed E-state index contributed by atoms with van der Waals surface area (Å²) in [6.45, 7) is 4.11. The predicted octanol–water partition coefficient (Wildman–Crippen LogP) is 1.83. The zero-order valence-corrected chi connectivity index (χ0v) is 11.9. The topological polar surface area (TPSA) is 44.7 Å². The Hall–Kier alpha value is -1.26. The third-order valence-corrected chi connectivity index (χ3v) is 3.88. The number of ether oxygens (including phenoxy) is 1. The second-order valence-electron chi connectivity index (χ2n) is 5.27. The Balaban J connectivity index is 1.91. The zero-order valence-electron chi connectivity index (χ0n) is 11.9. The van der Waals surface area contributed by atoms with Gasteiger partial charge < -0.3 is 15.2 Å². The van der Waals surface area contributed by atoms with Crippen molar-refractivity contribution in [2.24, 2.45) is 5.92 Å². The van der Waals surface area contributed by atoms with Gasteiger partial charge in [0, 0.05) is 12.1 Å². The monoisotopic (exact) mass is 264 g/mol. The molecule has 0 aliphatic carbocycles. The van der Waals surface area contributed by atoms with Gasteiger partial charge in [0.05, 0.1) is 7.11 Å². The first kappa shape index (κ1) is 14.2. The maximum atomic E-state index is 9.91. The van der Waals surface area contributed by atoms with Crippen LogP contribution in [-0.4, -0.2) is 43.8 Å². The van der Waals surface area contributed by atoms with Gasteiger partial charge in [0.25, 0.3) is 0 Å². The zero-order chi connectivity index (χ0) is 13.7. The average molecular weight is 264 g/mol. The number of phenolic OH excluding ortho intramolecular Hbond substituents is 1. The second kappa shape index (κ2) is 6.78. The Morgan fingerprint density at radius 2 is 2.11 bits per heavy atom. The normalized spacial score (nSPS) is 17.6. The molecule has 0 saturated carbocycles. The molecule has 0 amide bonds. The summed E-state index contributed by atoms with van der Waals surface area (Å²) in [6, 6.07) is 5.43. The molecule has 1 aromatic rings. The van der Waals surface area contributed by atoms with E-state index in [0.29, 0.717) is 5.75 Å². The lowest BCUT2D eigenvalue weighted by Crippen LogP contribution is -2.36. The Morgan fingerprint density at radius 3 is 2.74 bits per heavy atom. The summed E-state index contributed by atoms with van der Waals surface area (Å²) in [5, 5.41) is 13.2. The van der Waals surface area contributed by atoms with Gasteiger partial charge in [-0.1, -0.05) is 0 Å². The van der Waals surface area contributed by atoms with E-state index in [9.17, 15) is 5.11 Å². The summed E-state index contributed by atoms with van der Waals surface area (Å²) >= 11 is 0. The minimum Gasteiger partial charge on any atom is -0.508 e. The van der Waals surface area contributed by atoms with Crippen LogP contribution in [0.25, 0.3) is 0 Å². The molecule has 19 heavy (non-hydrogen) atoms. The van der Waals surface area contributed by atoms with E-state index in [0.717, 1.165) is 43.4 Å². The Morgan fingerprint density at radius 1 is 1.37 bits per heavy atom. The standard InChI is InChI=1S/C15H24N2O2/c1-16-10-12-5-7-17(8-6-12)11-13-9-14(19-2)3-4-15(13)18/h3-4,9,12,16,18H,5-8,10-11H2,1-2H3. The number of aromatic hydroxyl groups is 1. The average Bonchev–Trinajstić information content (AvgIpc) is 2.44. The van der Waals surface area contributed by atoms with E-state index in [4.69, 9.17) is 4.74 Å². The molecule has 4 nitrogen and oxygen atoms in total. The number of rotatable bonds is 5. The maximum absolute atomic E-state index is 9.91. The van der Waals surface area contributed by atoms with Gasteiger partial charge in [-0.05, 0) is 63.6 Å². The van der Waals surface area contributed by atoms with Crippen molar-refractivity contribution in [3.05, 3.63) is 23.8 Å². The van der Waals surface area contributed by atoms with E-state index < -0.39 is 0 Å². The number of phenols is 1. The van der Waals surface area contributed by atoms with Crippen molar-refractivity contribution in [3.63, 3.8) is 0 Å². The predicted molar refractivity (Wildman–Crippen MR) is 76.6 cm³/mol. The SMILES string of the molecule is CNCC1CCN(Cc2cc(OC)ccc2O)CC1. The van der Waals surface area contributed by atoms with Gasteiger partial charge in [-0.25, -0.2) is 0 Å². The van der Waals surface area contributed by atoms with E-state index in [2.05, 4.69) is 10.2 Å². The lowest BCUT2D eigenvalue weighted by atomic mass is 9.96. The summed E-state index contributed by atoms with van der Waals surface area (Å²) in [5.74, 6) is 1.95. The van der Waals surface area contributed by atoms with Gasteiger partial charge in [-0.2, -0.15) is 0 Å². The number of methoxy groups -OCH3 is 1. The van der Waals surface area contributed by atoms with Crippen LogP contribution in [-0.2, 0) is 6.54 Å². The van der Waals surface area contributed by atoms with Crippen molar-refractivity contribution in [2.75, 3.05) is 33.8 Å². The fourth-order valence-electron chi connectivity index (χ4n) is 2.69. The van der Waals surface area contributed by atoms with E-state index in [-0.39, 0.29) is 0 Å². The fraction of sp³-hybridized carbons (Fsp3) is 0.600. The number of hydrogen-bond donors (Lipinski definition) is 2. The highest BCUT2D eigenvalue weighted by molar-refractivity contribution is 5.39. The molecule has 2 N–H and O–H groups in total. The van der Waals surface area contributed by atoms with Crippen LogP contribution < -0.4 is 10.1 Å². The highest BCUT2D eigenvalue weighted by atomic mass is 16.5. The summed E-state index contributed by atoms with van der Waals surface area (Å²) in [4.78, 5) is 2.40. The van der Waals surface area contributed by atoms with Gasteiger partial charge in [0.15, 0.2) is 0 Å². The third-order valence-electron chi connectivity index (χ3n) is 3.88. The first-order valence-electron chi connectivity index (χ1n) is 6.95. The molecule has 0 aromatic heterocycles. The summed E-state index contributed by atoms with van der Waals surface area (Å²) in [7, 11) is 3.67. The minimum atomic E-state index is 0.359. The molecule has 0 radical (unpaired) electrons. The number of nitrogens with zero attached hydrogens (tertiary/aromatic N) is 1. The van der Waals surface area contributed by atoms with Crippen molar-refractivity contribution in [1.82, 2.24) is 10.2 Å². The Labute approximate surface area is 115 Å². The van der Waals surface area contributed by atoms with Crippen LogP contribution in [0, 0.1) is 5.92 Å². The summed E-state index contributed by atoms with van der Waals surface area (Å²) < 4.78 is 5.21. The summed E-state index contributed by atoms with van der Waals surface area (Å²) in [5.41, 5.74) is 0.950. The van der Waals surface area contributed by atoms with Crippen LogP contribution in [0.15, 0.2) is 18.2 Å². The molecule has 1 fully saturated rings. The van der Waals surface area contributed by atoms with Crippen molar-refractivity contribution >= 4 is 0 Å². The molecule has 1 aliphatic rings. The number of nitrogens with one attached hydrogen (secondary N) is 1. The third kappa shape index (κ3) is 3.85. The molecular weight excluding hydrogens is 240 g/mol. The fourth-order valence-corrected chi connectivity index (χ4v) is 2.69. The smallest absolute Gasteiger partial charge is 0.120 e. The molecule has 0 spiro atoms. The van der Waals surface area contributed by atoms with E-state index >= 15 is 0 Å². The second-order valence-corrected chi connectivity index (χ2v) is 5.27. The minimum absolute atomic E-state index is 0.359. The van der Waals surface area contributed by atoms with Crippen molar-refractivity contribution in [2.45, 2.75) is 19.4 Å². The van der Waals surface area contributed by atoms with Crippen molar-refractivity contribution < 1.29 is 9.84 Å². The van der Waals surface area contributed by atoms with Crippen molar-refractivity contribution in [3.8, 4) is 11.5 Å². The molecule has 106 valence electrons. The van der Waals surface area contributed by atoms with Crippen LogP contribution in [0.5, 0.6) is 11.5 Å². The first-order chi connectivity index (χ1) is 9.22. The number of hydrogen-bond acceptors (Lipinski definition) is 4. The van der Waals surface area contributed by atoms with Crippen LogP contribution in [0.4, 0.5) is 0 Å². The van der Waals surface area contributed by atoms with Gasteiger partial charge in [0.2, 0.25) is 0 Å². The molecule has 4 heteroatoms. The van der Waals surface area contributed by atoms with E-state index in [1.807, 2.05) is 13.1 Å². The van der Waals surface area contributed by atoms with Gasteiger partial charge >= 0.3 is 0 Å². The lowest BCUT2D eigenvalue weighted by molar-refractivity contribution is 0.175. The van der Waals surface area contributed by atoms with E-state index in [1.54, 1.807) is 19.2 Å². The largest absolute Gasteiger partial charge is 0.508 e. The van der Waals surface area contributed by atoms with Crippen LogP contribution in [0.2, 0.25) is 0 Å². The molecular formula is C15H24N2O2. The van der Waals surface area contributed by atoms with E-state index in [1.165, 1.54) is 12.8 Å². The molecule has 0 unspecified atom stereocenters. The van der Waals surface area contributed by atoms with Gasteiger partial charge in [-0.15, -0.1) is 0 Å². The van der Waals surface area contributed by atoms with Gasteiger partial charge in [0.1, 0.15) is 11.5 Å². The van der Waals surface area contributed by atoms with Crippen LogP contribution in [0.3, 0.4) is 0 Å². The number of benzene rings is 1. The number of likely N-dealkylation sites (tertiary alicyclic amines) is 1. The van der Waals surface area contributed by atoms with Crippen LogP contribution in [0.1, 0.15) is 18.4 Å². The molecule has 1 aromatic carbocycles. The molecule has 2 rings (SSSR count). The quantitative estimate of drug-likeness (QED) is 0.851. The molecule has 1 aliphatic heterocycles. The van der Waals surface area contributed by atoms with Crippen LogP contribution >= 0.6 is 0 Å². The maximum Gasteiger partial charge on any atom is 0.120 e. The Kier molecular flexibility index (Phi) is 5.05. The highest BCUT2D eigenvalue weighted by Gasteiger charge is 2.19. The van der Waals surface area contributed by atoms with Crippen molar-refractivity contribution in [1.29, 1.82) is 0 Å². The lowest BCUT2D eigenvalue weighted by Gasteiger charge is -2.32. The number of piperidine rings is 1.